The van der Waals surface area contributed by atoms with Gasteiger partial charge in [-0.3, -0.25) is 0 Å². The second-order valence-corrected chi connectivity index (χ2v) is 40.3. The quantitative estimate of drug-likeness (QED) is 0.118. The van der Waals surface area contributed by atoms with Crippen LogP contribution in [0.15, 0.2) is 0 Å². The van der Waals surface area contributed by atoms with Crippen molar-refractivity contribution in [2.75, 3.05) is 0 Å². The molecule has 4 unspecified atom stereocenters. The van der Waals surface area contributed by atoms with Gasteiger partial charge in [0.15, 0.2) is 0 Å². The molecule has 0 N–H and O–H groups in total. The molecule has 2 nitrogen and oxygen atoms in total. The van der Waals surface area contributed by atoms with Gasteiger partial charge in [-0.1, -0.05) is 0 Å². The van der Waals surface area contributed by atoms with Crippen molar-refractivity contribution in [1.82, 2.24) is 0 Å². The monoisotopic (exact) mass is 522 g/mol. The molecule has 10 aliphatic rings. The Hall–Kier alpha value is -0.141. The molecular formula is C32H50FeO2. The van der Waals surface area contributed by atoms with E-state index in [2.05, 4.69) is 13.8 Å². The summed E-state index contributed by atoms with van der Waals surface area (Å²) >= 11 is 0. The first-order valence-corrected chi connectivity index (χ1v) is 22.4. The minimum absolute atomic E-state index is 0.116. The first kappa shape index (κ1) is 20.8. The topological polar surface area (TPSA) is 34.1 Å². The molecule has 10 heterocycles. The number of ketones is 2. The van der Waals surface area contributed by atoms with Gasteiger partial charge in [0, 0.05) is 0 Å². The second-order valence-electron chi connectivity index (χ2n) is 17.0. The van der Waals surface area contributed by atoms with Crippen LogP contribution in [-0.4, -0.2) is 11.6 Å². The number of hydrogen-bond acceptors (Lipinski definition) is 2. The normalized spacial score (nSPS) is 66.0. The van der Waals surface area contributed by atoms with E-state index in [1.807, 2.05) is 0 Å². The number of carbonyl (C=O) groups is 2. The van der Waals surface area contributed by atoms with Crippen molar-refractivity contribution in [2.24, 2.45) is 0 Å². The van der Waals surface area contributed by atoms with Crippen LogP contribution < -0.4 is 0 Å². The summed E-state index contributed by atoms with van der Waals surface area (Å²) in [6.07, 6.45) is 22.7. The van der Waals surface area contributed by atoms with Gasteiger partial charge in [-0.2, -0.15) is 0 Å². The van der Waals surface area contributed by atoms with Gasteiger partial charge in [-0.15, -0.1) is 0 Å². The molecule has 1 spiro atoms. The van der Waals surface area contributed by atoms with Crippen LogP contribution in [0.4, 0.5) is 0 Å². The van der Waals surface area contributed by atoms with Crippen LogP contribution in [0.2, 0.25) is 47.2 Å². The molecule has 10 aliphatic heterocycles. The van der Waals surface area contributed by atoms with Gasteiger partial charge in [0.2, 0.25) is 0 Å². The molecule has 10 saturated heterocycles. The Balaban J connectivity index is 0.832. The van der Waals surface area contributed by atoms with E-state index in [0.29, 0.717) is 11.6 Å². The average molecular weight is 523 g/mol. The summed E-state index contributed by atoms with van der Waals surface area (Å²) in [4.78, 5) is 36.7. The maximum atomic E-state index is 14.3. The van der Waals surface area contributed by atoms with E-state index in [4.69, 9.17) is 0 Å². The zero-order chi connectivity index (χ0) is 23.8. The fourth-order valence-corrected chi connectivity index (χ4v) is 97.4. The van der Waals surface area contributed by atoms with E-state index < -0.39 is 6.51 Å². The molecule has 10 rings (SSSR count). The summed E-state index contributed by atoms with van der Waals surface area (Å²) in [5.74, 6) is 1.43. The molecule has 4 atom stereocenters. The van der Waals surface area contributed by atoms with Gasteiger partial charge < -0.3 is 0 Å². The number of unbranched alkanes of at least 4 members (excludes halogenated alkanes) is 14. The van der Waals surface area contributed by atoms with Crippen LogP contribution in [-0.2, 0) is 16.1 Å². The molecule has 0 aromatic carbocycles. The predicted molar refractivity (Wildman–Crippen MR) is 140 cm³/mol. The van der Waals surface area contributed by atoms with Gasteiger partial charge in [0.05, 0.1) is 0 Å². The minimum atomic E-state index is -3.89. The molecule has 0 amide bonds. The molecule has 0 saturated carbocycles. The molecule has 0 bridgehead atoms. The Morgan fingerprint density at radius 2 is 0.800 bits per heavy atom. The zero-order valence-electron chi connectivity index (χ0n) is 22.5. The van der Waals surface area contributed by atoms with Crippen molar-refractivity contribution >= 4 is 11.6 Å². The number of Topliss-reactive ketones (excluding diaryl/α,β-unsaturated/α-hetero) is 2. The van der Waals surface area contributed by atoms with E-state index in [-0.39, 0.29) is 8.63 Å². The first-order chi connectivity index (χ1) is 16.9. The van der Waals surface area contributed by atoms with E-state index in [1.165, 1.54) is 89.9 Å². The van der Waals surface area contributed by atoms with Crippen molar-refractivity contribution in [3.8, 4) is 0 Å². The summed E-state index contributed by atoms with van der Waals surface area (Å²) in [5.41, 5.74) is 0. The third kappa shape index (κ3) is 0.513. The van der Waals surface area contributed by atoms with E-state index in [1.54, 1.807) is 0 Å². The van der Waals surface area contributed by atoms with Crippen molar-refractivity contribution in [1.29, 1.82) is 0 Å². The Morgan fingerprint density at radius 1 is 0.486 bits per heavy atom. The second kappa shape index (κ2) is 3.32. The number of rotatable bonds is 20. The fourth-order valence-electron chi connectivity index (χ4n) is 21.4. The van der Waals surface area contributed by atoms with Crippen LogP contribution >= 0.6 is 0 Å². The van der Waals surface area contributed by atoms with E-state index in [9.17, 15) is 9.59 Å². The van der Waals surface area contributed by atoms with Gasteiger partial charge in [0.25, 0.3) is 0 Å². The average Bonchev–Trinajstić information content (AvgIpc) is 3.80. The summed E-state index contributed by atoms with van der Waals surface area (Å²) in [6, 6.07) is 0. The maximum absolute atomic E-state index is 14.3. The summed E-state index contributed by atoms with van der Waals surface area (Å²) in [7, 11) is 0. The number of fused-ring (bicyclic) bond motifs is 10. The number of carbonyl (C=O) groups excluding carboxylic acids is 2. The molecule has 0 aromatic heterocycles. The molecule has 10 fully saturated rings. The third-order valence-corrected chi connectivity index (χ3v) is 63.0. The molecule has 35 heavy (non-hydrogen) atoms. The standard InChI is InChI=1S/C27H45O2.C5H5.Fe/c1-3-5-7-9-11-13-15-17-22-26(28)24-20-19-21-25(24)27(29)23-18-16-14-12-10-8-6-4-2;1-2-4-5-3-1;/h19-21H,3-18,22-23H2,1-2H3;1-5H;. The van der Waals surface area contributed by atoms with Crippen LogP contribution in [0.25, 0.3) is 0 Å². The Labute approximate surface area is 203 Å². The summed E-state index contributed by atoms with van der Waals surface area (Å²) < 4.78 is 0.231. The van der Waals surface area contributed by atoms with Crippen LogP contribution in [0.3, 0.4) is 0 Å². The Bertz CT molecular complexity index is 1270. The SMILES string of the molecule is CCCCCCCCCCC(=O)[C]12[CH]3[CH]4[CH]5[C]1(C(=O)CCCCCCCCCC)[Fe]43521678[CH]2[CH]1[CH]6[CH]7[CH]28. The van der Waals surface area contributed by atoms with Gasteiger partial charge in [0.1, 0.15) is 0 Å². The zero-order valence-corrected chi connectivity index (χ0v) is 23.6. The summed E-state index contributed by atoms with van der Waals surface area (Å²) in [5, 5.41) is 0. The first-order valence-electron chi connectivity index (χ1n) is 16.2. The Kier molecular flexibility index (Phi) is 1.97. The molecular weight excluding hydrogens is 472 g/mol. The fraction of sp³-hybridized carbons (Fsp3) is 0.938. The Morgan fingerprint density at radius 3 is 1.09 bits per heavy atom. The molecule has 0 radical (unpaired) electrons. The van der Waals surface area contributed by atoms with Crippen molar-refractivity contribution in [3.63, 3.8) is 0 Å². The van der Waals surface area contributed by atoms with Gasteiger partial charge >= 0.3 is 204 Å². The van der Waals surface area contributed by atoms with Crippen LogP contribution in [0.5, 0.6) is 0 Å². The van der Waals surface area contributed by atoms with Crippen molar-refractivity contribution < 1.29 is 16.1 Å². The van der Waals surface area contributed by atoms with Crippen molar-refractivity contribution in [3.05, 3.63) is 0 Å². The molecule has 0 aromatic rings. The van der Waals surface area contributed by atoms with Crippen molar-refractivity contribution in [2.45, 2.75) is 177 Å². The number of hydrogen-bond donors (Lipinski definition) is 0. The van der Waals surface area contributed by atoms with Crippen LogP contribution in [0.1, 0.15) is 129 Å². The van der Waals surface area contributed by atoms with Gasteiger partial charge in [-0.05, 0) is 0 Å². The van der Waals surface area contributed by atoms with E-state index >= 15 is 0 Å². The molecule has 0 aliphatic carbocycles. The van der Waals surface area contributed by atoms with E-state index in [0.717, 1.165) is 64.2 Å². The van der Waals surface area contributed by atoms with Gasteiger partial charge in [-0.25, -0.2) is 0 Å². The molecule has 198 valence electrons. The molecule has 3 heteroatoms. The summed E-state index contributed by atoms with van der Waals surface area (Å²) in [6.45, 7) is 0.674. The van der Waals surface area contributed by atoms with Crippen LogP contribution in [0, 0.1) is 0 Å². The third-order valence-electron chi connectivity index (χ3n) is 20.2. The predicted octanol–water partition coefficient (Wildman–Crippen LogP) is 10.3.